The van der Waals surface area contributed by atoms with Gasteiger partial charge in [0.25, 0.3) is 0 Å². The number of benzene rings is 1. The molecule has 2 N–H and O–H groups in total. The van der Waals surface area contributed by atoms with Crippen molar-refractivity contribution in [3.05, 3.63) is 36.7 Å². The maximum atomic E-state index is 5.72. The van der Waals surface area contributed by atoms with Crippen LogP contribution >= 0.6 is 0 Å². The molecule has 0 unspecified atom stereocenters. The lowest BCUT2D eigenvalue weighted by Crippen LogP contribution is -1.94. The topological polar surface area (TPSA) is 57.4 Å². The van der Waals surface area contributed by atoms with E-state index in [0.717, 1.165) is 11.1 Å². The van der Waals surface area contributed by atoms with Gasteiger partial charge in [0.2, 0.25) is 0 Å². The second kappa shape index (κ2) is 4.74. The third kappa shape index (κ3) is 2.15. The Balaban J connectivity index is 2.59. The number of pyridine rings is 1. The predicted molar refractivity (Wildman–Crippen MR) is 67.2 cm³/mol. The molecule has 0 fully saturated rings. The van der Waals surface area contributed by atoms with E-state index in [9.17, 15) is 0 Å². The van der Waals surface area contributed by atoms with Crippen LogP contribution in [0.1, 0.15) is 0 Å². The van der Waals surface area contributed by atoms with E-state index in [-0.39, 0.29) is 0 Å². The Kier molecular flexibility index (Phi) is 3.14. The molecule has 4 nitrogen and oxygen atoms in total. The van der Waals surface area contributed by atoms with Crippen molar-refractivity contribution >= 4 is 5.69 Å². The van der Waals surface area contributed by atoms with Crippen LogP contribution in [0.5, 0.6) is 11.5 Å². The highest BCUT2D eigenvalue weighted by Gasteiger charge is 2.11. The van der Waals surface area contributed by atoms with Crippen molar-refractivity contribution in [2.45, 2.75) is 0 Å². The molecule has 17 heavy (non-hydrogen) atoms. The van der Waals surface area contributed by atoms with E-state index < -0.39 is 0 Å². The van der Waals surface area contributed by atoms with Crippen LogP contribution in [-0.2, 0) is 0 Å². The lowest BCUT2D eigenvalue weighted by atomic mass is 10.1. The third-order valence-corrected chi connectivity index (χ3v) is 2.47. The predicted octanol–water partition coefficient (Wildman–Crippen LogP) is 2.35. The van der Waals surface area contributed by atoms with Gasteiger partial charge in [-0.3, -0.25) is 4.98 Å². The van der Waals surface area contributed by atoms with Gasteiger partial charge in [0.15, 0.2) is 11.5 Å². The van der Waals surface area contributed by atoms with Gasteiger partial charge in [0.05, 0.1) is 19.9 Å². The lowest BCUT2D eigenvalue weighted by molar-refractivity contribution is 0.356. The minimum absolute atomic E-state index is 0.618. The number of methoxy groups -OCH3 is 2. The third-order valence-electron chi connectivity index (χ3n) is 2.47. The fraction of sp³-hybridized carbons (Fsp3) is 0.154. The molecule has 0 spiro atoms. The number of hydrogen-bond acceptors (Lipinski definition) is 4. The first kappa shape index (κ1) is 11.3. The van der Waals surface area contributed by atoms with E-state index >= 15 is 0 Å². The maximum Gasteiger partial charge on any atom is 0.168 e. The second-order valence-electron chi connectivity index (χ2n) is 3.55. The van der Waals surface area contributed by atoms with E-state index in [0.29, 0.717) is 17.2 Å². The summed E-state index contributed by atoms with van der Waals surface area (Å²) in [7, 11) is 3.22. The monoisotopic (exact) mass is 230 g/mol. The summed E-state index contributed by atoms with van der Waals surface area (Å²) in [6.07, 6.45) is 3.35. The largest absolute Gasteiger partial charge is 0.493 e. The summed E-state index contributed by atoms with van der Waals surface area (Å²) in [6.45, 7) is 0. The summed E-state index contributed by atoms with van der Waals surface area (Å²) in [4.78, 5) is 4.07. The normalized spacial score (nSPS) is 10.0. The van der Waals surface area contributed by atoms with Crippen LogP contribution in [0.4, 0.5) is 5.69 Å². The van der Waals surface area contributed by atoms with Crippen LogP contribution in [-0.4, -0.2) is 19.2 Å². The molecule has 1 aromatic carbocycles. The van der Waals surface area contributed by atoms with Gasteiger partial charge in [-0.2, -0.15) is 0 Å². The van der Waals surface area contributed by atoms with Crippen LogP contribution in [0.3, 0.4) is 0 Å². The van der Waals surface area contributed by atoms with Gasteiger partial charge in [0, 0.05) is 23.5 Å². The van der Waals surface area contributed by atoms with Gasteiger partial charge in [-0.25, -0.2) is 0 Å². The first-order chi connectivity index (χ1) is 8.26. The standard InChI is InChI=1S/C13H14N2O2/c1-16-12-5-3-4-11(13(12)17-2)9-6-10(14)8-15-7-9/h3-8H,14H2,1-2H3. The molecule has 0 aliphatic heterocycles. The smallest absolute Gasteiger partial charge is 0.168 e. The number of rotatable bonds is 3. The summed E-state index contributed by atoms with van der Waals surface area (Å²) >= 11 is 0. The molecule has 1 heterocycles. The van der Waals surface area contributed by atoms with Gasteiger partial charge in [-0.15, -0.1) is 0 Å². The fourth-order valence-electron chi connectivity index (χ4n) is 1.72. The van der Waals surface area contributed by atoms with Crippen molar-refractivity contribution in [2.75, 3.05) is 20.0 Å². The van der Waals surface area contributed by atoms with Gasteiger partial charge < -0.3 is 15.2 Å². The second-order valence-corrected chi connectivity index (χ2v) is 3.55. The molecule has 0 amide bonds. The van der Waals surface area contributed by atoms with Crippen molar-refractivity contribution in [2.24, 2.45) is 0 Å². The van der Waals surface area contributed by atoms with E-state index in [4.69, 9.17) is 15.2 Å². The van der Waals surface area contributed by atoms with Gasteiger partial charge in [-0.05, 0) is 12.1 Å². The van der Waals surface area contributed by atoms with Crippen LogP contribution in [0.25, 0.3) is 11.1 Å². The average Bonchev–Trinajstić information content (AvgIpc) is 2.37. The first-order valence-electron chi connectivity index (χ1n) is 5.18. The molecule has 0 aliphatic carbocycles. The number of nitrogen functional groups attached to an aromatic ring is 1. The Morgan fingerprint density at radius 1 is 1.12 bits per heavy atom. The van der Waals surface area contributed by atoms with Crippen LogP contribution < -0.4 is 15.2 Å². The number of aromatic nitrogens is 1. The number of ether oxygens (including phenoxy) is 2. The van der Waals surface area contributed by atoms with Crippen molar-refractivity contribution in [1.82, 2.24) is 4.98 Å². The Bertz CT molecular complexity index is 527. The molecule has 0 radical (unpaired) electrons. The van der Waals surface area contributed by atoms with E-state index in [2.05, 4.69) is 4.98 Å². The molecular formula is C13H14N2O2. The average molecular weight is 230 g/mol. The summed E-state index contributed by atoms with van der Waals surface area (Å²) in [6, 6.07) is 7.55. The van der Waals surface area contributed by atoms with E-state index in [1.54, 1.807) is 26.6 Å². The molecule has 0 bridgehead atoms. The van der Waals surface area contributed by atoms with Crippen LogP contribution in [0, 0.1) is 0 Å². The van der Waals surface area contributed by atoms with E-state index in [1.165, 1.54) is 0 Å². The molecule has 2 aromatic rings. The Labute approximate surface area is 100 Å². The van der Waals surface area contributed by atoms with Gasteiger partial charge in [0.1, 0.15) is 0 Å². The number of hydrogen-bond donors (Lipinski definition) is 1. The Hall–Kier alpha value is -2.23. The zero-order chi connectivity index (χ0) is 12.3. The molecule has 1 aromatic heterocycles. The van der Waals surface area contributed by atoms with Gasteiger partial charge in [-0.1, -0.05) is 12.1 Å². The Morgan fingerprint density at radius 3 is 2.59 bits per heavy atom. The van der Waals surface area contributed by atoms with Crippen molar-refractivity contribution in [3.8, 4) is 22.6 Å². The number of para-hydroxylation sites is 1. The minimum Gasteiger partial charge on any atom is -0.493 e. The van der Waals surface area contributed by atoms with E-state index in [1.807, 2.05) is 24.3 Å². The van der Waals surface area contributed by atoms with Crippen LogP contribution in [0.15, 0.2) is 36.7 Å². The molecular weight excluding hydrogens is 216 g/mol. The van der Waals surface area contributed by atoms with Crippen molar-refractivity contribution in [1.29, 1.82) is 0 Å². The van der Waals surface area contributed by atoms with Crippen molar-refractivity contribution < 1.29 is 9.47 Å². The zero-order valence-corrected chi connectivity index (χ0v) is 9.81. The SMILES string of the molecule is COc1cccc(-c2cncc(N)c2)c1OC. The zero-order valence-electron chi connectivity index (χ0n) is 9.81. The van der Waals surface area contributed by atoms with Gasteiger partial charge >= 0.3 is 0 Å². The molecule has 0 saturated heterocycles. The molecule has 4 heteroatoms. The molecule has 2 rings (SSSR count). The van der Waals surface area contributed by atoms with Crippen molar-refractivity contribution in [3.63, 3.8) is 0 Å². The lowest BCUT2D eigenvalue weighted by Gasteiger charge is -2.12. The minimum atomic E-state index is 0.618. The fourth-order valence-corrected chi connectivity index (χ4v) is 1.72. The highest BCUT2D eigenvalue weighted by Crippen LogP contribution is 2.37. The maximum absolute atomic E-state index is 5.72. The number of nitrogens with two attached hydrogens (primary N) is 1. The quantitative estimate of drug-likeness (QED) is 0.879. The highest BCUT2D eigenvalue weighted by molar-refractivity contribution is 5.74. The molecule has 88 valence electrons. The molecule has 0 aliphatic rings. The first-order valence-corrected chi connectivity index (χ1v) is 5.18. The number of anilines is 1. The summed E-state index contributed by atoms with van der Waals surface area (Å²) in [5, 5.41) is 0. The van der Waals surface area contributed by atoms with Crippen LogP contribution in [0.2, 0.25) is 0 Å². The number of nitrogens with zero attached hydrogens (tertiary/aromatic N) is 1. The highest BCUT2D eigenvalue weighted by atomic mass is 16.5. The molecule has 0 atom stereocenters. The molecule has 0 saturated carbocycles. The summed E-state index contributed by atoms with van der Waals surface area (Å²) in [5.74, 6) is 1.37. The Morgan fingerprint density at radius 2 is 1.94 bits per heavy atom. The summed E-state index contributed by atoms with van der Waals surface area (Å²) in [5.41, 5.74) is 8.15. The summed E-state index contributed by atoms with van der Waals surface area (Å²) < 4.78 is 10.6.